The Hall–Kier alpha value is -0.750. The van der Waals surface area contributed by atoms with Crippen molar-refractivity contribution < 1.29 is 14.3 Å². The molecule has 5 nitrogen and oxygen atoms in total. The number of methoxy groups -OCH3 is 1. The molecule has 21 heavy (non-hydrogen) atoms. The van der Waals surface area contributed by atoms with Crippen molar-refractivity contribution in [3.63, 3.8) is 0 Å². The highest BCUT2D eigenvalue weighted by Crippen LogP contribution is 2.38. The third-order valence-electron chi connectivity index (χ3n) is 3.94. The van der Waals surface area contributed by atoms with Crippen molar-refractivity contribution in [2.75, 3.05) is 26.0 Å². The lowest BCUT2D eigenvalue weighted by atomic mass is 10.2. The molecule has 2 atom stereocenters. The molecule has 0 aromatic rings. The van der Waals surface area contributed by atoms with Gasteiger partial charge in [0.2, 0.25) is 11.8 Å². The Morgan fingerprint density at radius 2 is 2.14 bits per heavy atom. The predicted octanol–water partition coefficient (Wildman–Crippen LogP) is 1.62. The maximum atomic E-state index is 12.5. The van der Waals surface area contributed by atoms with Gasteiger partial charge in [0.15, 0.2) is 0 Å². The molecule has 0 spiro atoms. The highest BCUT2D eigenvalue weighted by molar-refractivity contribution is 8.00. The number of nitrogens with one attached hydrogen (secondary N) is 1. The minimum Gasteiger partial charge on any atom is -0.385 e. The second-order valence-electron chi connectivity index (χ2n) is 5.75. The van der Waals surface area contributed by atoms with E-state index < -0.39 is 0 Å². The number of carbonyl (C=O) groups is 2. The fourth-order valence-corrected chi connectivity index (χ4v) is 4.15. The van der Waals surface area contributed by atoms with Crippen LogP contribution in [0.25, 0.3) is 0 Å². The molecule has 1 saturated heterocycles. The molecule has 6 heteroatoms. The van der Waals surface area contributed by atoms with Crippen LogP contribution in [0.1, 0.15) is 39.0 Å². The summed E-state index contributed by atoms with van der Waals surface area (Å²) in [5.74, 6) is 1.08. The van der Waals surface area contributed by atoms with E-state index in [0.29, 0.717) is 13.2 Å². The Morgan fingerprint density at radius 3 is 2.76 bits per heavy atom. The first-order chi connectivity index (χ1) is 10.2. The quantitative estimate of drug-likeness (QED) is 0.692. The Morgan fingerprint density at radius 1 is 1.38 bits per heavy atom. The number of nitrogens with zero attached hydrogens (tertiary/aromatic N) is 1. The van der Waals surface area contributed by atoms with Crippen LogP contribution >= 0.6 is 11.8 Å². The average Bonchev–Trinajstić information content (AvgIpc) is 3.24. The minimum atomic E-state index is -0.290. The molecular weight excluding hydrogens is 288 g/mol. The summed E-state index contributed by atoms with van der Waals surface area (Å²) in [4.78, 5) is 26.7. The van der Waals surface area contributed by atoms with Crippen LogP contribution in [0.15, 0.2) is 0 Å². The van der Waals surface area contributed by atoms with Crippen LogP contribution in [0.3, 0.4) is 0 Å². The van der Waals surface area contributed by atoms with Gasteiger partial charge in [-0.25, -0.2) is 0 Å². The summed E-state index contributed by atoms with van der Waals surface area (Å²) in [5, 5.41) is 3.12. The van der Waals surface area contributed by atoms with Crippen LogP contribution in [-0.2, 0) is 14.3 Å². The maximum Gasteiger partial charge on any atom is 0.243 e. The van der Waals surface area contributed by atoms with Gasteiger partial charge in [-0.3, -0.25) is 9.59 Å². The van der Waals surface area contributed by atoms with Crippen LogP contribution in [0.4, 0.5) is 0 Å². The molecular formula is C15H26N2O3S. The van der Waals surface area contributed by atoms with E-state index in [0.717, 1.165) is 37.9 Å². The van der Waals surface area contributed by atoms with Crippen LogP contribution in [0.2, 0.25) is 0 Å². The van der Waals surface area contributed by atoms with Crippen molar-refractivity contribution in [2.24, 2.45) is 5.92 Å². The summed E-state index contributed by atoms with van der Waals surface area (Å²) in [7, 11) is 1.65. The van der Waals surface area contributed by atoms with Crippen molar-refractivity contribution in [3.8, 4) is 0 Å². The number of carbonyl (C=O) groups excluding carboxylic acids is 2. The van der Waals surface area contributed by atoms with E-state index in [2.05, 4.69) is 12.2 Å². The number of rotatable bonds is 8. The van der Waals surface area contributed by atoms with E-state index >= 15 is 0 Å². The predicted molar refractivity (Wildman–Crippen MR) is 84.0 cm³/mol. The smallest absolute Gasteiger partial charge is 0.243 e. The van der Waals surface area contributed by atoms with Gasteiger partial charge < -0.3 is 15.0 Å². The molecule has 120 valence electrons. The molecule has 1 aliphatic heterocycles. The minimum absolute atomic E-state index is 0.00814. The number of ether oxygens (including phenoxy) is 1. The van der Waals surface area contributed by atoms with E-state index in [1.54, 1.807) is 18.9 Å². The molecule has 0 bridgehead atoms. The molecule has 1 aliphatic carbocycles. The van der Waals surface area contributed by atoms with Crippen LogP contribution < -0.4 is 5.32 Å². The van der Waals surface area contributed by atoms with Gasteiger partial charge in [-0.15, -0.1) is 11.8 Å². The summed E-state index contributed by atoms with van der Waals surface area (Å²) in [5.41, 5.74) is 0. The zero-order valence-electron chi connectivity index (χ0n) is 13.0. The molecule has 1 heterocycles. The van der Waals surface area contributed by atoms with Gasteiger partial charge in [0.1, 0.15) is 6.04 Å². The Bertz CT molecular complexity index is 374. The van der Waals surface area contributed by atoms with Gasteiger partial charge in [-0.1, -0.05) is 13.3 Å². The SMILES string of the molecule is CCCC1SCC(C(=O)NCCCOC)N1C(=O)C1CC1. The van der Waals surface area contributed by atoms with Gasteiger partial charge in [-0.05, 0) is 25.7 Å². The van der Waals surface area contributed by atoms with Crippen LogP contribution in [0, 0.1) is 5.92 Å². The van der Waals surface area contributed by atoms with Gasteiger partial charge in [0.05, 0.1) is 5.37 Å². The molecule has 0 aromatic heterocycles. The topological polar surface area (TPSA) is 58.6 Å². The van der Waals surface area contributed by atoms with Gasteiger partial charge in [0, 0.05) is 31.9 Å². The van der Waals surface area contributed by atoms with Gasteiger partial charge >= 0.3 is 0 Å². The number of hydrogen-bond donors (Lipinski definition) is 1. The largest absolute Gasteiger partial charge is 0.385 e. The fraction of sp³-hybridized carbons (Fsp3) is 0.867. The summed E-state index contributed by atoms with van der Waals surface area (Å²) in [6.45, 7) is 3.37. The van der Waals surface area contributed by atoms with E-state index in [1.807, 2.05) is 4.90 Å². The van der Waals surface area contributed by atoms with E-state index in [9.17, 15) is 9.59 Å². The standard InChI is InChI=1S/C15H26N2O3S/c1-3-5-13-17(15(19)11-6-7-11)12(10-21-13)14(18)16-8-4-9-20-2/h11-13H,3-10H2,1-2H3,(H,16,18). The van der Waals surface area contributed by atoms with Crippen molar-refractivity contribution in [3.05, 3.63) is 0 Å². The molecule has 0 aromatic carbocycles. The zero-order chi connectivity index (χ0) is 15.2. The number of thioether (sulfide) groups is 1. The normalized spacial score (nSPS) is 25.1. The third kappa shape index (κ3) is 4.36. The summed E-state index contributed by atoms with van der Waals surface area (Å²) in [6.07, 6.45) is 4.78. The molecule has 2 amide bonds. The number of hydrogen-bond acceptors (Lipinski definition) is 4. The molecule has 2 rings (SSSR count). The monoisotopic (exact) mass is 314 g/mol. The lowest BCUT2D eigenvalue weighted by Crippen LogP contribution is -2.50. The van der Waals surface area contributed by atoms with Crippen molar-refractivity contribution in [2.45, 2.75) is 50.4 Å². The summed E-state index contributed by atoms with van der Waals surface area (Å²) >= 11 is 1.75. The van der Waals surface area contributed by atoms with Crippen molar-refractivity contribution in [1.29, 1.82) is 0 Å². The van der Waals surface area contributed by atoms with E-state index in [1.165, 1.54) is 0 Å². The first-order valence-corrected chi connectivity index (χ1v) is 8.94. The molecule has 2 fully saturated rings. The van der Waals surface area contributed by atoms with Gasteiger partial charge in [-0.2, -0.15) is 0 Å². The lowest BCUT2D eigenvalue weighted by Gasteiger charge is -2.28. The Balaban J connectivity index is 1.92. The third-order valence-corrected chi connectivity index (χ3v) is 5.29. The van der Waals surface area contributed by atoms with Crippen LogP contribution in [0.5, 0.6) is 0 Å². The van der Waals surface area contributed by atoms with Crippen molar-refractivity contribution in [1.82, 2.24) is 10.2 Å². The lowest BCUT2D eigenvalue weighted by molar-refractivity contribution is -0.140. The highest BCUT2D eigenvalue weighted by atomic mass is 32.2. The van der Waals surface area contributed by atoms with Crippen molar-refractivity contribution >= 4 is 23.6 Å². The Labute approximate surface area is 131 Å². The molecule has 0 radical (unpaired) electrons. The molecule has 2 unspecified atom stereocenters. The maximum absolute atomic E-state index is 12.5. The molecule has 2 aliphatic rings. The second-order valence-corrected chi connectivity index (χ2v) is 6.96. The summed E-state index contributed by atoms with van der Waals surface area (Å²) < 4.78 is 4.98. The molecule has 1 N–H and O–H groups in total. The second kappa shape index (κ2) is 8.03. The number of amides is 2. The average molecular weight is 314 g/mol. The zero-order valence-corrected chi connectivity index (χ0v) is 13.8. The summed E-state index contributed by atoms with van der Waals surface area (Å²) in [6, 6.07) is -0.290. The van der Waals surface area contributed by atoms with E-state index in [-0.39, 0.29) is 29.1 Å². The highest BCUT2D eigenvalue weighted by Gasteiger charge is 2.45. The van der Waals surface area contributed by atoms with Crippen LogP contribution in [-0.4, -0.2) is 54.1 Å². The first kappa shape index (κ1) is 16.6. The Kier molecular flexibility index (Phi) is 6.36. The first-order valence-electron chi connectivity index (χ1n) is 7.89. The molecule has 1 saturated carbocycles. The van der Waals surface area contributed by atoms with E-state index in [4.69, 9.17) is 4.74 Å². The fourth-order valence-electron chi connectivity index (χ4n) is 2.62. The van der Waals surface area contributed by atoms with Gasteiger partial charge in [0.25, 0.3) is 0 Å².